The van der Waals surface area contributed by atoms with E-state index in [0.717, 1.165) is 13.2 Å². The third-order valence-corrected chi connectivity index (χ3v) is 3.40. The van der Waals surface area contributed by atoms with Gasteiger partial charge in [-0.05, 0) is 6.07 Å². The van der Waals surface area contributed by atoms with E-state index in [1.165, 1.54) is 18.2 Å². The van der Waals surface area contributed by atoms with E-state index >= 15 is 0 Å². The highest BCUT2D eigenvalue weighted by atomic mass is 19.4. The average Bonchev–Trinajstić information content (AvgIpc) is 2.84. The first-order chi connectivity index (χ1) is 10.3. The predicted octanol–water partition coefficient (Wildman–Crippen LogP) is 1.27. The minimum absolute atomic E-state index is 0.0712. The first-order valence-electron chi connectivity index (χ1n) is 6.59. The van der Waals surface area contributed by atoms with Gasteiger partial charge in [-0.15, -0.1) is 0 Å². The van der Waals surface area contributed by atoms with Gasteiger partial charge in [-0.3, -0.25) is 4.79 Å². The van der Waals surface area contributed by atoms with Gasteiger partial charge in [-0.2, -0.15) is 13.2 Å². The number of alkyl halides is 3. The number of nitrogens with one attached hydrogen (secondary N) is 1. The topological polar surface area (TPSA) is 67.8 Å². The summed E-state index contributed by atoms with van der Waals surface area (Å²) in [6.45, 7) is 0.173. The van der Waals surface area contributed by atoms with Crippen molar-refractivity contribution in [3.63, 3.8) is 0 Å². The van der Waals surface area contributed by atoms with Crippen molar-refractivity contribution in [3.05, 3.63) is 35.4 Å². The molecular weight excluding hydrogens is 303 g/mol. The van der Waals surface area contributed by atoms with Crippen molar-refractivity contribution in [3.8, 4) is 0 Å². The number of carbonyl (C=O) groups excluding carboxylic acids is 1. The number of halogens is 3. The lowest BCUT2D eigenvalue weighted by molar-refractivity contribution is -0.141. The van der Waals surface area contributed by atoms with Gasteiger partial charge in [0.15, 0.2) is 6.10 Å². The van der Waals surface area contributed by atoms with Crippen molar-refractivity contribution < 1.29 is 32.5 Å². The van der Waals surface area contributed by atoms with Gasteiger partial charge in [0.05, 0.1) is 30.9 Å². The summed E-state index contributed by atoms with van der Waals surface area (Å²) in [7, 11) is 1.15. The van der Waals surface area contributed by atoms with Crippen molar-refractivity contribution in [1.82, 2.24) is 5.32 Å². The maximum Gasteiger partial charge on any atom is 0.416 e. The zero-order valence-electron chi connectivity index (χ0n) is 11.8. The van der Waals surface area contributed by atoms with Crippen LogP contribution in [0.5, 0.6) is 0 Å². The summed E-state index contributed by atoms with van der Waals surface area (Å²) in [6.07, 6.45) is -6.91. The normalized spacial score (nSPS) is 23.3. The fourth-order valence-corrected chi connectivity index (χ4v) is 2.30. The smallest absolute Gasteiger partial charge is 0.388 e. The molecule has 0 saturated carbocycles. The van der Waals surface area contributed by atoms with Crippen LogP contribution in [-0.4, -0.2) is 43.5 Å². The van der Waals surface area contributed by atoms with E-state index in [-0.39, 0.29) is 18.8 Å². The van der Waals surface area contributed by atoms with Crippen LogP contribution in [0.3, 0.4) is 0 Å². The summed E-state index contributed by atoms with van der Waals surface area (Å²) in [6, 6.07) is 4.06. The fraction of sp³-hybridized carbons (Fsp3) is 0.500. The van der Waals surface area contributed by atoms with Crippen molar-refractivity contribution in [2.75, 3.05) is 20.3 Å². The van der Waals surface area contributed by atoms with E-state index in [2.05, 4.69) is 5.32 Å². The number of aliphatic hydroxyl groups excluding tert-OH is 1. The van der Waals surface area contributed by atoms with E-state index in [1.807, 2.05) is 0 Å². The Bertz CT molecular complexity index is 535. The van der Waals surface area contributed by atoms with Crippen LogP contribution in [-0.2, 0) is 20.4 Å². The Balaban J connectivity index is 2.23. The average molecular weight is 319 g/mol. The summed E-state index contributed by atoms with van der Waals surface area (Å²) in [5.41, 5.74) is -1.20. The minimum Gasteiger partial charge on any atom is -0.388 e. The highest BCUT2D eigenvalue weighted by Crippen LogP contribution is 2.35. The van der Waals surface area contributed by atoms with Gasteiger partial charge in [0.1, 0.15) is 0 Å². The molecule has 0 aliphatic carbocycles. The number of hydrogen-bond donors (Lipinski definition) is 2. The number of hydrogen-bond acceptors (Lipinski definition) is 4. The molecule has 1 amide bonds. The van der Waals surface area contributed by atoms with Crippen LogP contribution in [0.2, 0.25) is 0 Å². The van der Waals surface area contributed by atoms with Gasteiger partial charge in [0.2, 0.25) is 0 Å². The number of amides is 1. The van der Waals surface area contributed by atoms with Crippen LogP contribution in [0.25, 0.3) is 0 Å². The molecule has 0 spiro atoms. The Kier molecular flexibility index (Phi) is 5.05. The third-order valence-electron chi connectivity index (χ3n) is 3.40. The lowest BCUT2D eigenvalue weighted by Crippen LogP contribution is -2.45. The second-order valence-corrected chi connectivity index (χ2v) is 4.92. The van der Waals surface area contributed by atoms with Crippen molar-refractivity contribution in [2.24, 2.45) is 0 Å². The highest BCUT2D eigenvalue weighted by molar-refractivity contribution is 5.83. The summed E-state index contributed by atoms with van der Waals surface area (Å²) < 4.78 is 49.0. The standard InChI is InChI=1S/C14H16F3NO4/c1-21-12(13(20)18-10-6-22-7-11(10)19)8-4-2-3-5-9(8)14(15,16)17/h2-5,10-12,19H,6-7H2,1H3,(H,18,20)/t10-,11+,12?/m1/s1. The molecule has 1 aromatic carbocycles. The van der Waals surface area contributed by atoms with E-state index in [1.54, 1.807) is 0 Å². The number of ether oxygens (including phenoxy) is 2. The monoisotopic (exact) mass is 319 g/mol. The Labute approximate surface area is 125 Å². The molecule has 0 radical (unpaired) electrons. The first-order valence-corrected chi connectivity index (χ1v) is 6.59. The summed E-state index contributed by atoms with van der Waals surface area (Å²) in [5.74, 6) is -0.756. The van der Waals surface area contributed by atoms with Crippen LogP contribution in [0.1, 0.15) is 17.2 Å². The number of methoxy groups -OCH3 is 1. The van der Waals surface area contributed by atoms with Crippen LogP contribution >= 0.6 is 0 Å². The van der Waals surface area contributed by atoms with Crippen LogP contribution < -0.4 is 5.32 Å². The van der Waals surface area contributed by atoms with Crippen molar-refractivity contribution in [1.29, 1.82) is 0 Å². The lowest BCUT2D eigenvalue weighted by Gasteiger charge is -2.22. The molecule has 1 saturated heterocycles. The molecule has 1 aliphatic heterocycles. The minimum atomic E-state index is -4.59. The van der Waals surface area contributed by atoms with Gasteiger partial charge >= 0.3 is 6.18 Å². The summed E-state index contributed by atoms with van der Waals surface area (Å²) in [5, 5.41) is 12.0. The molecule has 8 heteroatoms. The largest absolute Gasteiger partial charge is 0.416 e. The van der Waals surface area contributed by atoms with Crippen LogP contribution in [0.4, 0.5) is 13.2 Å². The molecule has 1 unspecified atom stereocenters. The number of benzene rings is 1. The number of carbonyl (C=O) groups is 1. The molecule has 2 rings (SSSR count). The second-order valence-electron chi connectivity index (χ2n) is 4.92. The molecule has 2 N–H and O–H groups in total. The Hall–Kier alpha value is -1.64. The fourth-order valence-electron chi connectivity index (χ4n) is 2.30. The molecule has 22 heavy (non-hydrogen) atoms. The highest BCUT2D eigenvalue weighted by Gasteiger charge is 2.38. The molecule has 5 nitrogen and oxygen atoms in total. The predicted molar refractivity (Wildman–Crippen MR) is 70.0 cm³/mol. The number of rotatable bonds is 4. The summed E-state index contributed by atoms with van der Waals surface area (Å²) in [4.78, 5) is 12.2. The summed E-state index contributed by atoms with van der Waals surface area (Å²) >= 11 is 0. The number of aliphatic hydroxyl groups is 1. The molecular formula is C14H16F3NO4. The molecule has 122 valence electrons. The SMILES string of the molecule is COC(C(=O)N[C@@H]1COC[C@@H]1O)c1ccccc1C(F)(F)F. The van der Waals surface area contributed by atoms with Gasteiger partial charge in [-0.1, -0.05) is 18.2 Å². The molecule has 3 atom stereocenters. The Morgan fingerprint density at radius 3 is 2.64 bits per heavy atom. The molecule has 1 aliphatic rings. The lowest BCUT2D eigenvalue weighted by atomic mass is 10.0. The second kappa shape index (κ2) is 6.64. The molecule has 1 aromatic rings. The maximum atomic E-state index is 13.0. The zero-order valence-corrected chi connectivity index (χ0v) is 11.8. The van der Waals surface area contributed by atoms with E-state index in [4.69, 9.17) is 9.47 Å². The van der Waals surface area contributed by atoms with Gasteiger partial charge < -0.3 is 19.9 Å². The van der Waals surface area contributed by atoms with Gasteiger partial charge in [-0.25, -0.2) is 0 Å². The van der Waals surface area contributed by atoms with Crippen molar-refractivity contribution in [2.45, 2.75) is 24.4 Å². The Morgan fingerprint density at radius 1 is 1.41 bits per heavy atom. The third kappa shape index (κ3) is 3.57. The van der Waals surface area contributed by atoms with E-state index in [0.29, 0.717) is 0 Å². The van der Waals surface area contributed by atoms with Crippen LogP contribution in [0.15, 0.2) is 24.3 Å². The maximum absolute atomic E-state index is 13.0. The Morgan fingerprint density at radius 2 is 2.09 bits per heavy atom. The first kappa shape index (κ1) is 16.7. The molecule has 0 bridgehead atoms. The molecule has 1 heterocycles. The quantitative estimate of drug-likeness (QED) is 0.877. The van der Waals surface area contributed by atoms with Gasteiger partial charge in [0, 0.05) is 12.7 Å². The van der Waals surface area contributed by atoms with E-state index in [9.17, 15) is 23.1 Å². The molecule has 1 fully saturated rings. The van der Waals surface area contributed by atoms with Gasteiger partial charge in [0.25, 0.3) is 5.91 Å². The van der Waals surface area contributed by atoms with Crippen molar-refractivity contribution >= 4 is 5.91 Å². The molecule has 0 aromatic heterocycles. The van der Waals surface area contributed by atoms with Crippen LogP contribution in [0, 0.1) is 0 Å². The zero-order chi connectivity index (χ0) is 16.3. The van der Waals surface area contributed by atoms with E-state index < -0.39 is 35.9 Å².